The van der Waals surface area contributed by atoms with Crippen LogP contribution >= 0.6 is 0 Å². The summed E-state index contributed by atoms with van der Waals surface area (Å²) in [4.78, 5) is 13.8. The molecule has 0 spiro atoms. The van der Waals surface area contributed by atoms with Gasteiger partial charge in [0.15, 0.2) is 0 Å². The van der Waals surface area contributed by atoms with Gasteiger partial charge in [0.25, 0.3) is 6.43 Å². The molecule has 1 aliphatic heterocycles. The number of carbonyl (C=O) groups is 1. The van der Waals surface area contributed by atoms with Gasteiger partial charge in [-0.25, -0.2) is 18.0 Å². The second-order valence-electron chi connectivity index (χ2n) is 5.84. The van der Waals surface area contributed by atoms with Crippen LogP contribution in [0.25, 0.3) is 0 Å². The fraction of sp³-hybridized carbons (Fsp3) is 0.562. The number of piperidine rings is 1. The first-order chi connectivity index (χ1) is 11.4. The molecule has 1 unspecified atom stereocenters. The quantitative estimate of drug-likeness (QED) is 0.861. The predicted octanol–water partition coefficient (Wildman–Crippen LogP) is 3.09. The third-order valence-corrected chi connectivity index (χ3v) is 4.06. The van der Waals surface area contributed by atoms with Crippen molar-refractivity contribution >= 4 is 11.7 Å². The standard InChI is InChI=1S/C16H21F3N2O3/c1-10(22)11-4-6-21(7-5-11)16(23)20-13-3-2-12(17)8-14(13)24-9-15(18)19/h2-3,8,10-11,15,22H,4-7,9H2,1H3,(H,20,23). The van der Waals surface area contributed by atoms with Gasteiger partial charge in [-0.2, -0.15) is 0 Å². The summed E-state index contributed by atoms with van der Waals surface area (Å²) in [6.07, 6.45) is -1.75. The number of urea groups is 1. The fourth-order valence-corrected chi connectivity index (χ4v) is 2.65. The van der Waals surface area contributed by atoms with E-state index in [-0.39, 0.29) is 17.4 Å². The molecule has 8 heteroatoms. The number of alkyl halides is 2. The highest BCUT2D eigenvalue weighted by atomic mass is 19.3. The Morgan fingerprint density at radius 3 is 2.67 bits per heavy atom. The smallest absolute Gasteiger partial charge is 0.321 e. The van der Waals surface area contributed by atoms with Gasteiger partial charge in [-0.05, 0) is 37.8 Å². The largest absolute Gasteiger partial charge is 0.485 e. The van der Waals surface area contributed by atoms with Crippen LogP contribution in [0.15, 0.2) is 18.2 Å². The molecule has 1 aromatic rings. The number of aliphatic hydroxyl groups is 1. The summed E-state index contributed by atoms with van der Waals surface area (Å²) < 4.78 is 42.7. The van der Waals surface area contributed by atoms with Crippen LogP contribution in [0.1, 0.15) is 19.8 Å². The minimum atomic E-state index is -2.70. The lowest BCUT2D eigenvalue weighted by Gasteiger charge is -2.33. The Kier molecular flexibility index (Phi) is 6.30. The second-order valence-corrected chi connectivity index (χ2v) is 5.84. The first-order valence-electron chi connectivity index (χ1n) is 7.81. The van der Waals surface area contributed by atoms with Gasteiger partial charge in [0.1, 0.15) is 18.2 Å². The van der Waals surface area contributed by atoms with E-state index in [1.165, 1.54) is 6.07 Å². The molecule has 1 saturated heterocycles. The van der Waals surface area contributed by atoms with Crippen LogP contribution in [0.3, 0.4) is 0 Å². The van der Waals surface area contributed by atoms with Crippen molar-refractivity contribution in [2.24, 2.45) is 5.92 Å². The zero-order chi connectivity index (χ0) is 17.7. The normalized spacial score (nSPS) is 17.0. The van der Waals surface area contributed by atoms with Gasteiger partial charge in [0, 0.05) is 19.2 Å². The van der Waals surface area contributed by atoms with Gasteiger partial charge in [-0.1, -0.05) is 0 Å². The summed E-state index contributed by atoms with van der Waals surface area (Å²) >= 11 is 0. The SMILES string of the molecule is CC(O)C1CCN(C(=O)Nc2ccc(F)cc2OCC(F)F)CC1. The first-order valence-corrected chi connectivity index (χ1v) is 7.81. The average Bonchev–Trinajstić information content (AvgIpc) is 2.55. The highest BCUT2D eigenvalue weighted by Crippen LogP contribution is 2.27. The molecule has 134 valence electrons. The lowest BCUT2D eigenvalue weighted by Crippen LogP contribution is -2.42. The van der Waals surface area contributed by atoms with Crippen molar-refractivity contribution in [3.05, 3.63) is 24.0 Å². The number of amides is 2. The molecule has 2 N–H and O–H groups in total. The summed E-state index contributed by atoms with van der Waals surface area (Å²) in [5, 5.41) is 12.1. The Bertz CT molecular complexity index is 561. The van der Waals surface area contributed by atoms with Gasteiger partial charge in [-0.15, -0.1) is 0 Å². The molecule has 0 aromatic heterocycles. The average molecular weight is 346 g/mol. The van der Waals surface area contributed by atoms with Crippen molar-refractivity contribution < 1.29 is 27.8 Å². The molecule has 2 amide bonds. The van der Waals surface area contributed by atoms with Crippen molar-refractivity contribution in [3.63, 3.8) is 0 Å². The number of nitrogens with zero attached hydrogens (tertiary/aromatic N) is 1. The van der Waals surface area contributed by atoms with E-state index in [0.717, 1.165) is 12.1 Å². The molecule has 1 atom stereocenters. The molecule has 0 saturated carbocycles. The van der Waals surface area contributed by atoms with E-state index >= 15 is 0 Å². The zero-order valence-electron chi connectivity index (χ0n) is 13.3. The van der Waals surface area contributed by atoms with E-state index in [9.17, 15) is 23.1 Å². The van der Waals surface area contributed by atoms with Crippen molar-refractivity contribution in [1.82, 2.24) is 4.90 Å². The molecule has 1 aliphatic rings. The van der Waals surface area contributed by atoms with Crippen LogP contribution in [0, 0.1) is 11.7 Å². The van der Waals surface area contributed by atoms with Crippen LogP contribution in [0.2, 0.25) is 0 Å². The minimum Gasteiger partial charge on any atom is -0.485 e. The van der Waals surface area contributed by atoms with Gasteiger partial charge < -0.3 is 20.1 Å². The molecular weight excluding hydrogens is 325 g/mol. The van der Waals surface area contributed by atoms with Gasteiger partial charge in [0.2, 0.25) is 0 Å². The van der Waals surface area contributed by atoms with Crippen molar-refractivity contribution in [2.45, 2.75) is 32.3 Å². The highest BCUT2D eigenvalue weighted by molar-refractivity contribution is 5.91. The van der Waals surface area contributed by atoms with E-state index in [1.807, 2.05) is 0 Å². The van der Waals surface area contributed by atoms with Crippen LogP contribution in [-0.4, -0.2) is 48.3 Å². The van der Waals surface area contributed by atoms with Crippen LogP contribution in [0.4, 0.5) is 23.7 Å². The molecule has 1 heterocycles. The predicted molar refractivity (Wildman–Crippen MR) is 82.9 cm³/mol. The van der Waals surface area contributed by atoms with Gasteiger partial charge in [0.05, 0.1) is 11.8 Å². The molecule has 0 aliphatic carbocycles. The maximum atomic E-state index is 13.3. The van der Waals surface area contributed by atoms with E-state index < -0.39 is 31.0 Å². The van der Waals surface area contributed by atoms with Gasteiger partial charge in [-0.3, -0.25) is 0 Å². The molecule has 24 heavy (non-hydrogen) atoms. The topological polar surface area (TPSA) is 61.8 Å². The number of halogens is 3. The number of hydrogen-bond donors (Lipinski definition) is 2. The van der Waals surface area contributed by atoms with Crippen molar-refractivity contribution in [1.29, 1.82) is 0 Å². The third kappa shape index (κ3) is 5.02. The number of carbonyl (C=O) groups excluding carboxylic acids is 1. The van der Waals surface area contributed by atoms with Crippen molar-refractivity contribution in [3.8, 4) is 5.75 Å². The Hall–Kier alpha value is -1.96. The molecule has 1 aromatic carbocycles. The number of benzene rings is 1. The molecule has 5 nitrogen and oxygen atoms in total. The first kappa shape index (κ1) is 18.4. The highest BCUT2D eigenvalue weighted by Gasteiger charge is 2.26. The maximum absolute atomic E-state index is 13.3. The number of nitrogens with one attached hydrogen (secondary N) is 1. The van der Waals surface area contributed by atoms with Gasteiger partial charge >= 0.3 is 6.03 Å². The van der Waals surface area contributed by atoms with E-state index in [1.54, 1.807) is 11.8 Å². The summed E-state index contributed by atoms with van der Waals surface area (Å²) in [5.74, 6) is -0.623. The maximum Gasteiger partial charge on any atom is 0.321 e. The van der Waals surface area contributed by atoms with Crippen LogP contribution in [-0.2, 0) is 0 Å². The van der Waals surface area contributed by atoms with Crippen molar-refractivity contribution in [2.75, 3.05) is 25.0 Å². The molecule has 1 fully saturated rings. The Labute approximate surface area is 138 Å². The lowest BCUT2D eigenvalue weighted by molar-refractivity contribution is 0.0810. The number of ether oxygens (including phenoxy) is 1. The minimum absolute atomic E-state index is 0.137. The molecule has 0 radical (unpaired) electrons. The third-order valence-electron chi connectivity index (χ3n) is 4.06. The number of aliphatic hydroxyl groups excluding tert-OH is 1. The van der Waals surface area contributed by atoms with E-state index in [2.05, 4.69) is 5.32 Å². The number of likely N-dealkylation sites (tertiary alicyclic amines) is 1. The Morgan fingerprint density at radius 1 is 1.42 bits per heavy atom. The summed E-state index contributed by atoms with van der Waals surface area (Å²) in [5.41, 5.74) is 0.139. The zero-order valence-corrected chi connectivity index (χ0v) is 13.3. The van der Waals surface area contributed by atoms with Crippen LogP contribution in [0.5, 0.6) is 5.75 Å². The van der Waals surface area contributed by atoms with Crippen LogP contribution < -0.4 is 10.1 Å². The fourth-order valence-electron chi connectivity index (χ4n) is 2.65. The summed E-state index contributed by atoms with van der Waals surface area (Å²) in [7, 11) is 0. The molecular formula is C16H21F3N2O3. The second kappa shape index (κ2) is 8.23. The Morgan fingerprint density at radius 2 is 2.08 bits per heavy atom. The molecule has 0 bridgehead atoms. The number of hydrogen-bond acceptors (Lipinski definition) is 3. The number of anilines is 1. The van der Waals surface area contributed by atoms with E-state index in [0.29, 0.717) is 25.9 Å². The monoisotopic (exact) mass is 346 g/mol. The Balaban J connectivity index is 1.98. The molecule has 2 rings (SSSR count). The number of rotatable bonds is 5. The lowest BCUT2D eigenvalue weighted by atomic mass is 9.92. The van der Waals surface area contributed by atoms with E-state index in [4.69, 9.17) is 4.74 Å². The summed E-state index contributed by atoms with van der Waals surface area (Å²) in [6, 6.07) is 2.94. The summed E-state index contributed by atoms with van der Waals surface area (Å²) in [6.45, 7) is 1.81.